The number of imidazole rings is 1. The monoisotopic (exact) mass is 312 g/mol. The van der Waals surface area contributed by atoms with E-state index in [0.29, 0.717) is 16.9 Å². The average Bonchev–Trinajstić information content (AvgIpc) is 2.94. The number of rotatable bonds is 2. The van der Waals surface area contributed by atoms with Crippen LogP contribution in [0.2, 0.25) is 5.02 Å². The van der Waals surface area contributed by atoms with Crippen LogP contribution in [0, 0.1) is 5.82 Å². The van der Waals surface area contributed by atoms with Crippen LogP contribution in [0.4, 0.5) is 4.39 Å². The van der Waals surface area contributed by atoms with Crippen molar-refractivity contribution in [2.24, 2.45) is 7.05 Å². The first-order chi connectivity index (χ1) is 9.47. The van der Waals surface area contributed by atoms with Crippen LogP contribution in [-0.2, 0) is 7.05 Å². The van der Waals surface area contributed by atoms with Crippen molar-refractivity contribution in [3.05, 3.63) is 41.2 Å². The van der Waals surface area contributed by atoms with Crippen LogP contribution in [0.5, 0.6) is 0 Å². The Morgan fingerprint density at radius 2 is 2.10 bits per heavy atom. The van der Waals surface area contributed by atoms with Crippen LogP contribution in [0.25, 0.3) is 16.7 Å². The number of fused-ring (bicyclic) bond motifs is 1. The molecule has 0 aliphatic rings. The van der Waals surface area contributed by atoms with E-state index >= 15 is 0 Å². The molecule has 3 aromatic rings. The second-order valence-electron chi connectivity index (χ2n) is 4.55. The second kappa shape index (κ2) is 4.75. The van der Waals surface area contributed by atoms with E-state index in [9.17, 15) is 4.39 Å². The molecule has 4 nitrogen and oxygen atoms in total. The molecule has 2 aromatic heterocycles. The van der Waals surface area contributed by atoms with Crippen molar-refractivity contribution in [2.75, 3.05) is 0 Å². The van der Waals surface area contributed by atoms with E-state index in [4.69, 9.17) is 23.2 Å². The van der Waals surface area contributed by atoms with Crippen molar-refractivity contribution in [3.8, 4) is 5.69 Å². The van der Waals surface area contributed by atoms with Gasteiger partial charge in [-0.1, -0.05) is 11.6 Å². The molecule has 0 saturated carbocycles. The average molecular weight is 313 g/mol. The summed E-state index contributed by atoms with van der Waals surface area (Å²) in [6.07, 6.45) is 3.53. The number of aromatic nitrogens is 4. The summed E-state index contributed by atoms with van der Waals surface area (Å²) in [4.78, 5) is 4.40. The smallest absolute Gasteiger partial charge is 0.144 e. The molecule has 0 radical (unpaired) electrons. The van der Waals surface area contributed by atoms with Gasteiger partial charge in [-0.2, -0.15) is 5.10 Å². The topological polar surface area (TPSA) is 35.6 Å². The van der Waals surface area contributed by atoms with Crippen molar-refractivity contribution in [1.82, 2.24) is 19.3 Å². The number of benzene rings is 1. The molecule has 1 aromatic carbocycles. The lowest BCUT2D eigenvalue weighted by Gasteiger charge is -2.07. The largest absolute Gasteiger partial charge is 0.292 e. The Morgan fingerprint density at radius 1 is 1.35 bits per heavy atom. The minimum absolute atomic E-state index is 0.0521. The van der Waals surface area contributed by atoms with E-state index in [1.54, 1.807) is 16.9 Å². The van der Waals surface area contributed by atoms with Gasteiger partial charge in [0.15, 0.2) is 0 Å². The van der Waals surface area contributed by atoms with Gasteiger partial charge in [0.2, 0.25) is 0 Å². The van der Waals surface area contributed by atoms with E-state index < -0.39 is 5.82 Å². The molecule has 0 N–H and O–H groups in total. The quantitative estimate of drug-likeness (QED) is 0.674. The van der Waals surface area contributed by atoms with Crippen molar-refractivity contribution >= 4 is 34.2 Å². The Bertz CT molecular complexity index is 791. The van der Waals surface area contributed by atoms with E-state index in [1.165, 1.54) is 6.07 Å². The summed E-state index contributed by atoms with van der Waals surface area (Å²) in [6.45, 7) is 1.81. The van der Waals surface area contributed by atoms with Crippen molar-refractivity contribution in [1.29, 1.82) is 0 Å². The lowest BCUT2D eigenvalue weighted by Crippen LogP contribution is -2.01. The molecular weight excluding hydrogens is 302 g/mol. The van der Waals surface area contributed by atoms with Crippen LogP contribution in [-0.4, -0.2) is 19.3 Å². The van der Waals surface area contributed by atoms with Gasteiger partial charge in [0, 0.05) is 19.3 Å². The molecule has 0 amide bonds. The third-order valence-corrected chi connectivity index (χ3v) is 3.51. The summed E-state index contributed by atoms with van der Waals surface area (Å²) in [6, 6.07) is 2.86. The highest BCUT2D eigenvalue weighted by molar-refractivity contribution is 6.31. The maximum Gasteiger partial charge on any atom is 0.144 e. The highest BCUT2D eigenvalue weighted by atomic mass is 35.5. The van der Waals surface area contributed by atoms with Gasteiger partial charge in [-0.3, -0.25) is 9.25 Å². The number of halogens is 3. The third kappa shape index (κ3) is 2.07. The standard InChI is InChI=1S/C13H11Cl2FN4/c1-7(14)13-18-11-4-10(16)9(15)3-12(11)20(13)8-5-17-19(2)6-8/h3-7H,1-2H3. The first-order valence-corrected chi connectivity index (χ1v) is 6.79. The van der Waals surface area contributed by atoms with Crippen molar-refractivity contribution < 1.29 is 4.39 Å². The zero-order chi connectivity index (χ0) is 14.4. The van der Waals surface area contributed by atoms with Gasteiger partial charge >= 0.3 is 0 Å². The number of nitrogens with zero attached hydrogens (tertiary/aromatic N) is 4. The van der Waals surface area contributed by atoms with E-state index in [1.807, 2.05) is 24.7 Å². The summed E-state index contributed by atoms with van der Waals surface area (Å²) >= 11 is 12.0. The molecule has 0 saturated heterocycles. The van der Waals surface area contributed by atoms with Crippen molar-refractivity contribution in [3.63, 3.8) is 0 Å². The first kappa shape index (κ1) is 13.4. The Balaban J connectivity index is 2.37. The molecule has 3 rings (SSSR count). The molecule has 1 unspecified atom stereocenters. The predicted molar refractivity (Wildman–Crippen MR) is 77.1 cm³/mol. The van der Waals surface area contributed by atoms with Gasteiger partial charge in [0.25, 0.3) is 0 Å². The Hall–Kier alpha value is -1.59. The summed E-state index contributed by atoms with van der Waals surface area (Å²) < 4.78 is 17.1. The number of hydrogen-bond acceptors (Lipinski definition) is 2. The summed E-state index contributed by atoms with van der Waals surface area (Å²) in [5.74, 6) is 0.125. The predicted octanol–water partition coefficient (Wildman–Crippen LogP) is 3.85. The molecule has 1 atom stereocenters. The molecule has 0 aliphatic heterocycles. The van der Waals surface area contributed by atoms with E-state index in [-0.39, 0.29) is 10.4 Å². The Kier molecular flexibility index (Phi) is 3.18. The highest BCUT2D eigenvalue weighted by Gasteiger charge is 2.18. The lowest BCUT2D eigenvalue weighted by molar-refractivity contribution is 0.630. The van der Waals surface area contributed by atoms with Gasteiger partial charge in [0.05, 0.1) is 33.3 Å². The fraction of sp³-hybridized carbons (Fsp3) is 0.231. The normalized spacial score (nSPS) is 13.1. The second-order valence-corrected chi connectivity index (χ2v) is 5.61. The van der Waals surface area contributed by atoms with E-state index in [0.717, 1.165) is 5.69 Å². The fourth-order valence-corrected chi connectivity index (χ4v) is 2.46. The first-order valence-electron chi connectivity index (χ1n) is 5.98. The van der Waals surface area contributed by atoms with Crippen LogP contribution in [0.1, 0.15) is 18.1 Å². The molecule has 104 valence electrons. The third-order valence-electron chi connectivity index (χ3n) is 3.03. The molecule has 0 fully saturated rings. The lowest BCUT2D eigenvalue weighted by atomic mass is 10.3. The van der Waals surface area contributed by atoms with E-state index in [2.05, 4.69) is 10.1 Å². The minimum Gasteiger partial charge on any atom is -0.292 e. The number of alkyl halides is 1. The van der Waals surface area contributed by atoms with Crippen LogP contribution in [0.15, 0.2) is 24.5 Å². The van der Waals surface area contributed by atoms with Gasteiger partial charge in [0.1, 0.15) is 11.6 Å². The van der Waals surface area contributed by atoms with Crippen LogP contribution in [0.3, 0.4) is 0 Å². The van der Waals surface area contributed by atoms with Gasteiger partial charge in [-0.15, -0.1) is 11.6 Å². The van der Waals surface area contributed by atoms with Gasteiger partial charge in [-0.05, 0) is 13.0 Å². The summed E-state index contributed by atoms with van der Waals surface area (Å²) in [5, 5.41) is 3.86. The molecule has 0 aliphatic carbocycles. The number of hydrogen-bond donors (Lipinski definition) is 0. The molecule has 2 heterocycles. The summed E-state index contributed by atoms with van der Waals surface area (Å²) in [5.41, 5.74) is 2.02. The molecular formula is C13H11Cl2FN4. The SMILES string of the molecule is CC(Cl)c1nc2cc(F)c(Cl)cc2n1-c1cnn(C)c1. The van der Waals surface area contributed by atoms with Gasteiger partial charge < -0.3 is 0 Å². The van der Waals surface area contributed by atoms with Gasteiger partial charge in [-0.25, -0.2) is 9.37 Å². The molecule has 0 bridgehead atoms. The zero-order valence-corrected chi connectivity index (χ0v) is 12.3. The summed E-state index contributed by atoms with van der Waals surface area (Å²) in [7, 11) is 1.82. The molecule has 7 heteroatoms. The maximum atomic E-state index is 13.6. The zero-order valence-electron chi connectivity index (χ0n) is 10.8. The molecule has 0 spiro atoms. The number of aryl methyl sites for hydroxylation is 1. The van der Waals surface area contributed by atoms with Crippen molar-refractivity contribution in [2.45, 2.75) is 12.3 Å². The Morgan fingerprint density at radius 3 is 2.70 bits per heavy atom. The highest BCUT2D eigenvalue weighted by Crippen LogP contribution is 2.30. The maximum absolute atomic E-state index is 13.6. The molecule has 20 heavy (non-hydrogen) atoms. The van der Waals surface area contributed by atoms with Crippen LogP contribution < -0.4 is 0 Å². The minimum atomic E-state index is -0.497. The fourth-order valence-electron chi connectivity index (χ4n) is 2.15. The van der Waals surface area contributed by atoms with Crippen LogP contribution >= 0.6 is 23.2 Å². The Labute approximate surface area is 124 Å².